The lowest BCUT2D eigenvalue weighted by Gasteiger charge is -2.30. The van der Waals surface area contributed by atoms with Crippen molar-refractivity contribution in [2.24, 2.45) is 0 Å². The van der Waals surface area contributed by atoms with E-state index in [1.807, 2.05) is 4.68 Å². The van der Waals surface area contributed by atoms with Gasteiger partial charge in [-0.1, -0.05) is 17.7 Å². The summed E-state index contributed by atoms with van der Waals surface area (Å²) in [5.74, 6) is -0.139. The fraction of sp³-hybridized carbons (Fsp3) is 0.412. The molecule has 1 amide bonds. The van der Waals surface area contributed by atoms with Gasteiger partial charge in [0.15, 0.2) is 0 Å². The van der Waals surface area contributed by atoms with E-state index in [9.17, 15) is 9.18 Å². The molecular formula is C17H20ClFN4O. The number of aromatic nitrogens is 2. The largest absolute Gasteiger partial charge is 0.311 e. The number of halogens is 2. The van der Waals surface area contributed by atoms with Crippen LogP contribution in [0.25, 0.3) is 0 Å². The van der Waals surface area contributed by atoms with E-state index in [4.69, 9.17) is 11.6 Å². The van der Waals surface area contributed by atoms with Crippen molar-refractivity contribution in [1.29, 1.82) is 0 Å². The maximum absolute atomic E-state index is 13.8. The fourth-order valence-corrected chi connectivity index (χ4v) is 3.22. The molecule has 24 heavy (non-hydrogen) atoms. The lowest BCUT2D eigenvalue weighted by molar-refractivity contribution is -0.115. The molecule has 3 rings (SSSR count). The number of hydrogen-bond donors (Lipinski definition) is 1. The molecule has 1 aliphatic rings. The van der Waals surface area contributed by atoms with E-state index in [0.29, 0.717) is 5.82 Å². The van der Waals surface area contributed by atoms with Crippen molar-refractivity contribution in [2.75, 3.05) is 25.5 Å². The number of carbonyl (C=O) groups excluding carboxylic acids is 1. The van der Waals surface area contributed by atoms with Crippen molar-refractivity contribution >= 4 is 23.3 Å². The first-order valence-electron chi connectivity index (χ1n) is 7.99. The van der Waals surface area contributed by atoms with Crippen LogP contribution in [0.2, 0.25) is 5.02 Å². The minimum atomic E-state index is -0.471. The van der Waals surface area contributed by atoms with Gasteiger partial charge in [-0.2, -0.15) is 5.10 Å². The number of likely N-dealkylation sites (tertiary alicyclic amines) is 1. The molecule has 128 valence electrons. The fourth-order valence-electron chi connectivity index (χ4n) is 2.99. The molecule has 1 aliphatic heterocycles. The third-order valence-electron chi connectivity index (χ3n) is 4.37. The summed E-state index contributed by atoms with van der Waals surface area (Å²) >= 11 is 5.98. The number of benzene rings is 1. The molecule has 1 aromatic heterocycles. The molecular weight excluding hydrogens is 331 g/mol. The molecule has 0 radical (unpaired) electrons. The predicted molar refractivity (Wildman–Crippen MR) is 91.7 cm³/mol. The van der Waals surface area contributed by atoms with E-state index >= 15 is 0 Å². The Morgan fingerprint density at radius 1 is 1.38 bits per heavy atom. The van der Waals surface area contributed by atoms with E-state index in [-0.39, 0.29) is 29.0 Å². The minimum absolute atomic E-state index is 0.107. The number of nitrogens with zero attached hydrogens (tertiary/aromatic N) is 3. The van der Waals surface area contributed by atoms with Gasteiger partial charge in [0.2, 0.25) is 5.91 Å². The van der Waals surface area contributed by atoms with Gasteiger partial charge in [0.05, 0.1) is 18.7 Å². The van der Waals surface area contributed by atoms with Gasteiger partial charge >= 0.3 is 0 Å². The Morgan fingerprint density at radius 3 is 2.83 bits per heavy atom. The quantitative estimate of drug-likeness (QED) is 0.921. The van der Waals surface area contributed by atoms with Gasteiger partial charge < -0.3 is 10.2 Å². The molecule has 0 aliphatic carbocycles. The van der Waals surface area contributed by atoms with Gasteiger partial charge in [-0.25, -0.2) is 9.07 Å². The van der Waals surface area contributed by atoms with Gasteiger partial charge in [0, 0.05) is 16.7 Å². The average Bonchev–Trinajstić information content (AvgIpc) is 3.00. The van der Waals surface area contributed by atoms with Crippen LogP contribution in [-0.2, 0) is 11.2 Å². The average molecular weight is 351 g/mol. The third-order valence-corrected chi connectivity index (χ3v) is 4.72. The molecule has 0 saturated carbocycles. The molecule has 0 unspecified atom stereocenters. The number of hydrogen-bond acceptors (Lipinski definition) is 3. The van der Waals surface area contributed by atoms with Crippen molar-refractivity contribution in [1.82, 2.24) is 14.7 Å². The van der Waals surface area contributed by atoms with E-state index in [1.54, 1.807) is 18.3 Å². The molecule has 2 heterocycles. The van der Waals surface area contributed by atoms with Crippen LogP contribution in [-0.4, -0.2) is 40.7 Å². The van der Waals surface area contributed by atoms with Crippen LogP contribution in [0.5, 0.6) is 0 Å². The number of piperidine rings is 1. The predicted octanol–water partition coefficient (Wildman–Crippen LogP) is 3.12. The van der Waals surface area contributed by atoms with Crippen LogP contribution >= 0.6 is 11.6 Å². The van der Waals surface area contributed by atoms with Gasteiger partial charge in [-0.3, -0.25) is 4.79 Å². The molecule has 0 bridgehead atoms. The summed E-state index contributed by atoms with van der Waals surface area (Å²) in [6, 6.07) is 6.43. The van der Waals surface area contributed by atoms with Crippen molar-refractivity contribution in [3.63, 3.8) is 0 Å². The molecule has 2 aromatic rings. The highest BCUT2D eigenvalue weighted by atomic mass is 35.5. The lowest BCUT2D eigenvalue weighted by atomic mass is 10.1. The number of anilines is 1. The summed E-state index contributed by atoms with van der Waals surface area (Å²) in [5, 5.41) is 7.43. The second-order valence-electron chi connectivity index (χ2n) is 6.12. The zero-order chi connectivity index (χ0) is 17.1. The van der Waals surface area contributed by atoms with Crippen molar-refractivity contribution in [3.05, 3.63) is 46.9 Å². The first kappa shape index (κ1) is 16.9. The third kappa shape index (κ3) is 3.76. The standard InChI is InChI=1S/C17H20ClFN4O/c1-22-9-6-12(7-10-22)23-16(5-8-20-23)21-17(24)11-13-14(18)3-2-4-15(13)19/h2-5,8,12H,6-7,9-11H2,1H3,(H,21,24). The highest BCUT2D eigenvalue weighted by Gasteiger charge is 2.21. The topological polar surface area (TPSA) is 50.2 Å². The number of rotatable bonds is 4. The second-order valence-corrected chi connectivity index (χ2v) is 6.53. The second kappa shape index (κ2) is 7.32. The van der Waals surface area contributed by atoms with Crippen molar-refractivity contribution < 1.29 is 9.18 Å². The van der Waals surface area contributed by atoms with E-state index in [0.717, 1.165) is 25.9 Å². The number of nitrogens with one attached hydrogen (secondary N) is 1. The van der Waals surface area contributed by atoms with Crippen molar-refractivity contribution in [3.8, 4) is 0 Å². The highest BCUT2D eigenvalue weighted by Crippen LogP contribution is 2.25. The summed E-state index contributed by atoms with van der Waals surface area (Å²) in [6.07, 6.45) is 3.54. The minimum Gasteiger partial charge on any atom is -0.311 e. The van der Waals surface area contributed by atoms with Gasteiger partial charge in [-0.15, -0.1) is 0 Å². The van der Waals surface area contributed by atoms with Gasteiger partial charge in [0.1, 0.15) is 11.6 Å². The Hall–Kier alpha value is -1.92. The summed E-state index contributed by atoms with van der Waals surface area (Å²) < 4.78 is 15.7. The highest BCUT2D eigenvalue weighted by molar-refractivity contribution is 6.31. The zero-order valence-electron chi connectivity index (χ0n) is 13.5. The summed E-state index contributed by atoms with van der Waals surface area (Å²) in [5.41, 5.74) is 0.210. The van der Waals surface area contributed by atoms with Crippen LogP contribution in [0.3, 0.4) is 0 Å². The normalized spacial score (nSPS) is 16.3. The molecule has 1 N–H and O–H groups in total. The molecule has 7 heteroatoms. The molecule has 0 spiro atoms. The SMILES string of the molecule is CN1CCC(n2nccc2NC(=O)Cc2c(F)cccc2Cl)CC1. The van der Waals surface area contributed by atoms with Gasteiger partial charge in [0.25, 0.3) is 0 Å². The Morgan fingerprint density at radius 2 is 2.12 bits per heavy atom. The lowest BCUT2D eigenvalue weighted by Crippen LogP contribution is -2.32. The summed E-state index contributed by atoms with van der Waals surface area (Å²) in [7, 11) is 2.10. The van der Waals surface area contributed by atoms with Gasteiger partial charge in [-0.05, 0) is 45.1 Å². The first-order chi connectivity index (χ1) is 11.5. The smallest absolute Gasteiger partial charge is 0.230 e. The van der Waals surface area contributed by atoms with Crippen LogP contribution in [0.1, 0.15) is 24.4 Å². The Balaban J connectivity index is 1.68. The molecule has 0 atom stereocenters. The first-order valence-corrected chi connectivity index (χ1v) is 8.37. The van der Waals surface area contributed by atoms with E-state index in [1.165, 1.54) is 12.1 Å². The Kier molecular flexibility index (Phi) is 5.16. The molecule has 1 aromatic carbocycles. The molecule has 1 fully saturated rings. The Bertz CT molecular complexity index is 705. The zero-order valence-corrected chi connectivity index (χ0v) is 14.3. The summed E-state index contributed by atoms with van der Waals surface area (Å²) in [6.45, 7) is 2.01. The monoisotopic (exact) mass is 350 g/mol. The molecule has 1 saturated heterocycles. The van der Waals surface area contributed by atoms with Crippen molar-refractivity contribution in [2.45, 2.75) is 25.3 Å². The van der Waals surface area contributed by atoms with Crippen LogP contribution < -0.4 is 5.32 Å². The van der Waals surface area contributed by atoms with E-state index < -0.39 is 5.82 Å². The maximum Gasteiger partial charge on any atom is 0.230 e. The number of amides is 1. The van der Waals surface area contributed by atoms with Crippen LogP contribution in [0.4, 0.5) is 10.2 Å². The molecule has 5 nitrogen and oxygen atoms in total. The maximum atomic E-state index is 13.8. The van der Waals surface area contributed by atoms with Crippen LogP contribution in [0, 0.1) is 5.82 Å². The van der Waals surface area contributed by atoms with E-state index in [2.05, 4.69) is 22.4 Å². The summed E-state index contributed by atoms with van der Waals surface area (Å²) in [4.78, 5) is 14.6. The van der Waals surface area contributed by atoms with Crippen LogP contribution in [0.15, 0.2) is 30.5 Å². The number of carbonyl (C=O) groups is 1. The Labute approximate surface area is 145 Å².